The van der Waals surface area contributed by atoms with Crippen LogP contribution in [0.25, 0.3) is 11.4 Å². The van der Waals surface area contributed by atoms with Crippen LogP contribution in [0.1, 0.15) is 28.2 Å². The first kappa shape index (κ1) is 21.6. The summed E-state index contributed by atoms with van der Waals surface area (Å²) in [6, 6.07) is 12.6. The molecule has 1 aromatic heterocycles. The number of anilines is 1. The summed E-state index contributed by atoms with van der Waals surface area (Å²) in [5.41, 5.74) is 2.82. The molecule has 0 spiro atoms. The summed E-state index contributed by atoms with van der Waals surface area (Å²) < 4.78 is 39.3. The molecule has 2 aliphatic rings. The van der Waals surface area contributed by atoms with Crippen LogP contribution >= 0.6 is 0 Å². The van der Waals surface area contributed by atoms with Gasteiger partial charge < -0.3 is 14.2 Å². The maximum absolute atomic E-state index is 13.7. The maximum atomic E-state index is 13.7. The Bertz CT molecular complexity index is 1300. The number of carbonyl (C=O) groups excluding carboxylic acids is 1. The van der Waals surface area contributed by atoms with Gasteiger partial charge in [0.25, 0.3) is 10.0 Å². The van der Waals surface area contributed by atoms with Gasteiger partial charge in [0.1, 0.15) is 0 Å². The Hall–Kier alpha value is -3.24. The van der Waals surface area contributed by atoms with Gasteiger partial charge in [-0.1, -0.05) is 35.5 Å². The molecule has 0 N–H and O–H groups in total. The minimum absolute atomic E-state index is 0.123. The van der Waals surface area contributed by atoms with E-state index in [1.807, 2.05) is 24.3 Å². The number of morpholine rings is 1. The number of nitrogens with zero attached hydrogens (tertiary/aromatic N) is 4. The smallest absolute Gasteiger partial charge is 0.316 e. The van der Waals surface area contributed by atoms with Gasteiger partial charge in [-0.25, -0.2) is 8.42 Å². The van der Waals surface area contributed by atoms with Crippen LogP contribution in [-0.2, 0) is 21.2 Å². The lowest BCUT2D eigenvalue weighted by Gasteiger charge is -2.31. The molecule has 0 atom stereocenters. The van der Waals surface area contributed by atoms with Crippen molar-refractivity contribution in [2.75, 3.05) is 37.2 Å². The van der Waals surface area contributed by atoms with E-state index in [4.69, 9.17) is 9.26 Å². The Kier molecular flexibility index (Phi) is 5.63. The van der Waals surface area contributed by atoms with E-state index in [0.717, 1.165) is 18.4 Å². The highest BCUT2D eigenvalue weighted by atomic mass is 32.2. The summed E-state index contributed by atoms with van der Waals surface area (Å²) in [5, 5.41) is 3.93. The number of aryl methyl sites for hydroxylation is 2. The molecule has 2 aromatic carbocycles. The number of ether oxygens (including phenoxy) is 1. The van der Waals surface area contributed by atoms with E-state index < -0.39 is 10.0 Å². The van der Waals surface area contributed by atoms with Gasteiger partial charge in [-0.05, 0) is 43.0 Å². The third kappa shape index (κ3) is 4.00. The molecular formula is C23H24N4O5S. The Morgan fingerprint density at radius 1 is 1.06 bits per heavy atom. The molecule has 10 heteroatoms. The Labute approximate surface area is 192 Å². The molecule has 3 heterocycles. The zero-order valence-corrected chi connectivity index (χ0v) is 19.0. The molecule has 0 bridgehead atoms. The highest BCUT2D eigenvalue weighted by Crippen LogP contribution is 2.34. The van der Waals surface area contributed by atoms with Crippen molar-refractivity contribution in [3.05, 3.63) is 59.5 Å². The van der Waals surface area contributed by atoms with Gasteiger partial charge in [0.2, 0.25) is 5.82 Å². The van der Waals surface area contributed by atoms with Crippen molar-refractivity contribution in [2.45, 2.75) is 24.7 Å². The van der Waals surface area contributed by atoms with E-state index >= 15 is 0 Å². The Morgan fingerprint density at radius 3 is 2.67 bits per heavy atom. The fraction of sp³-hybridized carbons (Fsp3) is 0.348. The highest BCUT2D eigenvalue weighted by molar-refractivity contribution is 7.92. The molecule has 172 valence electrons. The summed E-state index contributed by atoms with van der Waals surface area (Å²) in [6.45, 7) is 4.03. The second kappa shape index (κ2) is 8.60. The van der Waals surface area contributed by atoms with Crippen molar-refractivity contribution in [1.82, 2.24) is 15.0 Å². The van der Waals surface area contributed by atoms with E-state index in [1.165, 1.54) is 4.31 Å². The Morgan fingerprint density at radius 2 is 1.85 bits per heavy atom. The molecule has 5 rings (SSSR count). The van der Waals surface area contributed by atoms with Gasteiger partial charge in [0.15, 0.2) is 0 Å². The minimum atomic E-state index is -3.81. The molecular weight excluding hydrogens is 444 g/mol. The quantitative estimate of drug-likeness (QED) is 0.580. The van der Waals surface area contributed by atoms with Crippen LogP contribution in [0, 0.1) is 6.92 Å². The van der Waals surface area contributed by atoms with Crippen molar-refractivity contribution in [2.24, 2.45) is 0 Å². The molecule has 3 aromatic rings. The fourth-order valence-electron chi connectivity index (χ4n) is 4.21. The molecule has 1 amide bonds. The van der Waals surface area contributed by atoms with Crippen LogP contribution in [0.2, 0.25) is 0 Å². The van der Waals surface area contributed by atoms with Crippen molar-refractivity contribution < 1.29 is 22.5 Å². The summed E-state index contributed by atoms with van der Waals surface area (Å²) >= 11 is 0. The topological polar surface area (TPSA) is 106 Å². The summed E-state index contributed by atoms with van der Waals surface area (Å²) in [6.07, 6.45) is 1.61. The zero-order chi connectivity index (χ0) is 23.0. The summed E-state index contributed by atoms with van der Waals surface area (Å²) in [5.74, 6) is -0.314. The third-order valence-corrected chi connectivity index (χ3v) is 7.94. The van der Waals surface area contributed by atoms with Gasteiger partial charge in [-0.15, -0.1) is 0 Å². The van der Waals surface area contributed by atoms with E-state index in [9.17, 15) is 13.2 Å². The van der Waals surface area contributed by atoms with Gasteiger partial charge >= 0.3 is 11.8 Å². The van der Waals surface area contributed by atoms with E-state index in [-0.39, 0.29) is 22.5 Å². The van der Waals surface area contributed by atoms with Crippen LogP contribution in [-0.4, -0.2) is 62.2 Å². The summed E-state index contributed by atoms with van der Waals surface area (Å²) in [4.78, 5) is 18.6. The second-order valence-electron chi connectivity index (χ2n) is 8.12. The number of sulfonamides is 1. The van der Waals surface area contributed by atoms with Gasteiger partial charge in [-0.3, -0.25) is 9.10 Å². The van der Waals surface area contributed by atoms with Crippen molar-refractivity contribution in [1.29, 1.82) is 0 Å². The van der Waals surface area contributed by atoms with E-state index in [2.05, 4.69) is 10.1 Å². The second-order valence-corrected chi connectivity index (χ2v) is 9.95. The number of hydrogen-bond acceptors (Lipinski definition) is 7. The molecule has 2 aliphatic heterocycles. The van der Waals surface area contributed by atoms with Crippen LogP contribution < -0.4 is 4.31 Å². The molecule has 1 fully saturated rings. The molecule has 0 unspecified atom stereocenters. The first-order chi connectivity index (χ1) is 15.9. The number of benzene rings is 2. The number of rotatable bonds is 4. The Balaban J connectivity index is 1.47. The van der Waals surface area contributed by atoms with Gasteiger partial charge in [0.05, 0.1) is 23.8 Å². The highest BCUT2D eigenvalue weighted by Gasteiger charge is 2.31. The lowest BCUT2D eigenvalue weighted by atomic mass is 10.0. The number of para-hydroxylation sites is 1. The van der Waals surface area contributed by atoms with Crippen LogP contribution in [0.5, 0.6) is 0 Å². The van der Waals surface area contributed by atoms with Crippen LogP contribution in [0.4, 0.5) is 5.69 Å². The summed E-state index contributed by atoms with van der Waals surface area (Å²) in [7, 11) is -3.81. The fourth-order valence-corrected chi connectivity index (χ4v) is 6.01. The molecule has 33 heavy (non-hydrogen) atoms. The SMILES string of the molecule is Cc1ccc(-c2noc(C(=O)N3CCOCC3)n2)cc1S(=O)(=O)N1CCCc2ccccc21. The zero-order valence-electron chi connectivity index (χ0n) is 18.2. The molecule has 1 saturated heterocycles. The number of aromatic nitrogens is 2. The normalized spacial score (nSPS) is 16.5. The average Bonchev–Trinajstić information content (AvgIpc) is 3.34. The van der Waals surface area contributed by atoms with Crippen LogP contribution in [0.15, 0.2) is 51.9 Å². The monoisotopic (exact) mass is 468 g/mol. The largest absolute Gasteiger partial charge is 0.378 e. The average molecular weight is 469 g/mol. The van der Waals surface area contributed by atoms with Gasteiger partial charge in [-0.2, -0.15) is 4.98 Å². The maximum Gasteiger partial charge on any atom is 0.316 e. The first-order valence-corrected chi connectivity index (χ1v) is 12.3. The predicted octanol–water partition coefficient (Wildman–Crippen LogP) is 2.66. The van der Waals surface area contributed by atoms with E-state index in [1.54, 1.807) is 30.0 Å². The lowest BCUT2D eigenvalue weighted by Crippen LogP contribution is -2.40. The van der Waals surface area contributed by atoms with Crippen LogP contribution in [0.3, 0.4) is 0 Å². The molecule has 0 radical (unpaired) electrons. The lowest BCUT2D eigenvalue weighted by molar-refractivity contribution is 0.0272. The predicted molar refractivity (Wildman–Crippen MR) is 120 cm³/mol. The first-order valence-electron chi connectivity index (χ1n) is 10.9. The number of carbonyl (C=O) groups is 1. The van der Waals surface area contributed by atoms with Crippen molar-refractivity contribution in [3.8, 4) is 11.4 Å². The number of hydrogen-bond donors (Lipinski definition) is 0. The number of fused-ring (bicyclic) bond motifs is 1. The van der Waals surface area contributed by atoms with Gasteiger partial charge in [0, 0.05) is 25.2 Å². The molecule has 0 saturated carbocycles. The molecule has 0 aliphatic carbocycles. The van der Waals surface area contributed by atoms with Crippen molar-refractivity contribution >= 4 is 21.6 Å². The van der Waals surface area contributed by atoms with E-state index in [0.29, 0.717) is 49.7 Å². The minimum Gasteiger partial charge on any atom is -0.378 e. The van der Waals surface area contributed by atoms with Crippen molar-refractivity contribution in [3.63, 3.8) is 0 Å². The standard InChI is InChI=1S/C23H24N4O5S/c1-16-8-9-18(21-24-22(32-25-21)23(28)26-11-13-31-14-12-26)15-20(16)33(29,30)27-10-4-6-17-5-2-3-7-19(17)27/h2-3,5,7-9,15H,4,6,10-14H2,1H3. The number of amides is 1. The third-order valence-electron chi connectivity index (χ3n) is 5.99. The molecule has 9 nitrogen and oxygen atoms in total.